The van der Waals surface area contributed by atoms with Crippen LogP contribution in [0.15, 0.2) is 103 Å². The maximum atomic E-state index is 13.8. The Hall–Kier alpha value is -7.66. The van der Waals surface area contributed by atoms with E-state index < -0.39 is 47.8 Å². The molecule has 3 aliphatic carbocycles. The van der Waals surface area contributed by atoms with Gasteiger partial charge in [0.05, 0.1) is 50.2 Å². The molecule has 22 nitrogen and oxygen atoms in total. The SMILES string of the molecule is CC(C)(C)OC(=O)Nc1cc(C(=O)N[C@H]2CCCC[C@@H]2OCc2ccccc2)n(CC(=O)N[C@@H]2CCCC[C@H]2OCc2ccccc2)n1.CC(C)(C)OC(=O)Nc1cc(C(=O)O)n(CC(=O)O)n1.N[C@H]1CCCC[C@@H]1OCc1ccccc1. The van der Waals surface area contributed by atoms with Gasteiger partial charge < -0.3 is 50.3 Å². The zero-order chi connectivity index (χ0) is 59.9. The molecule has 0 bridgehead atoms. The molecule has 450 valence electrons. The molecule has 0 radical (unpaired) electrons. The van der Waals surface area contributed by atoms with E-state index in [-0.39, 0.29) is 71.9 Å². The number of carbonyl (C=O) groups is 6. The number of aromatic nitrogens is 4. The van der Waals surface area contributed by atoms with Gasteiger partial charge in [-0.3, -0.25) is 25.0 Å². The van der Waals surface area contributed by atoms with Crippen molar-refractivity contribution in [3.63, 3.8) is 0 Å². The van der Waals surface area contributed by atoms with Crippen molar-refractivity contribution in [2.75, 3.05) is 10.6 Å². The van der Waals surface area contributed by atoms with E-state index in [1.165, 1.54) is 29.2 Å². The van der Waals surface area contributed by atoms with Gasteiger partial charge in [0.2, 0.25) is 5.91 Å². The van der Waals surface area contributed by atoms with Gasteiger partial charge >= 0.3 is 24.1 Å². The van der Waals surface area contributed by atoms with Gasteiger partial charge in [-0.2, -0.15) is 10.2 Å². The summed E-state index contributed by atoms with van der Waals surface area (Å²) in [5.74, 6) is -3.27. The highest BCUT2D eigenvalue weighted by Gasteiger charge is 2.32. The Bertz CT molecular complexity index is 2850. The molecule has 0 unspecified atom stereocenters. The maximum Gasteiger partial charge on any atom is 0.413 e. The number of hydrogen-bond acceptors (Lipinski definition) is 14. The molecule has 0 saturated heterocycles. The highest BCUT2D eigenvalue weighted by Crippen LogP contribution is 2.26. The van der Waals surface area contributed by atoms with Crippen LogP contribution >= 0.6 is 0 Å². The molecular weight excluding hydrogens is 1070 g/mol. The smallest absolute Gasteiger partial charge is 0.413 e. The van der Waals surface area contributed by atoms with Gasteiger partial charge in [-0.15, -0.1) is 0 Å². The third-order valence-corrected chi connectivity index (χ3v) is 13.6. The Morgan fingerprint density at radius 2 is 0.916 bits per heavy atom. The van der Waals surface area contributed by atoms with Gasteiger partial charge in [0, 0.05) is 18.2 Å². The number of hydrogen-bond donors (Lipinski definition) is 7. The van der Waals surface area contributed by atoms with Crippen molar-refractivity contribution >= 4 is 47.6 Å². The van der Waals surface area contributed by atoms with Gasteiger partial charge in [-0.05, 0) is 96.8 Å². The van der Waals surface area contributed by atoms with Crippen LogP contribution in [0.3, 0.4) is 0 Å². The summed E-state index contributed by atoms with van der Waals surface area (Å²) >= 11 is 0. The van der Waals surface area contributed by atoms with E-state index in [1.54, 1.807) is 41.5 Å². The summed E-state index contributed by atoms with van der Waals surface area (Å²) in [5, 5.41) is 36.8. The summed E-state index contributed by atoms with van der Waals surface area (Å²) in [6.45, 7) is 11.1. The molecule has 8 N–H and O–H groups in total. The lowest BCUT2D eigenvalue weighted by molar-refractivity contribution is -0.138. The first kappa shape index (κ1) is 64.5. The summed E-state index contributed by atoms with van der Waals surface area (Å²) in [6.07, 6.45) is 10.5. The predicted octanol–water partition coefficient (Wildman–Crippen LogP) is 9.62. The lowest BCUT2D eigenvalue weighted by Crippen LogP contribution is -2.48. The van der Waals surface area contributed by atoms with E-state index in [1.807, 2.05) is 78.9 Å². The van der Waals surface area contributed by atoms with Crippen LogP contribution in [0.1, 0.15) is 156 Å². The fourth-order valence-electron chi connectivity index (χ4n) is 9.71. The highest BCUT2D eigenvalue weighted by molar-refractivity contribution is 5.95. The Balaban J connectivity index is 0.000000256. The molecule has 2 aromatic heterocycles. The molecule has 83 heavy (non-hydrogen) atoms. The molecule has 3 aliphatic rings. The number of carboxylic acids is 2. The lowest BCUT2D eigenvalue weighted by atomic mass is 9.92. The van der Waals surface area contributed by atoms with Gasteiger partial charge in [-0.1, -0.05) is 130 Å². The van der Waals surface area contributed by atoms with Crippen LogP contribution in [0.5, 0.6) is 0 Å². The first-order valence-electron chi connectivity index (χ1n) is 28.5. The van der Waals surface area contributed by atoms with Gasteiger partial charge in [0.25, 0.3) is 5.91 Å². The van der Waals surface area contributed by atoms with Crippen LogP contribution in [0.4, 0.5) is 21.2 Å². The van der Waals surface area contributed by atoms with Gasteiger partial charge in [-0.25, -0.2) is 23.7 Å². The van der Waals surface area contributed by atoms with E-state index in [2.05, 4.69) is 43.6 Å². The highest BCUT2D eigenvalue weighted by atomic mass is 16.6. The monoisotopic (exact) mass is 1150 g/mol. The van der Waals surface area contributed by atoms with Crippen LogP contribution in [0.25, 0.3) is 0 Å². The molecule has 3 fully saturated rings. The van der Waals surface area contributed by atoms with Crippen molar-refractivity contribution in [2.45, 2.75) is 199 Å². The molecule has 0 spiro atoms. The van der Waals surface area contributed by atoms with Gasteiger partial charge in [0.1, 0.15) is 35.7 Å². The molecule has 22 heteroatoms. The number of nitrogens with two attached hydrogens (primary N) is 1. The molecule has 3 aromatic carbocycles. The number of ether oxygens (including phenoxy) is 5. The molecule has 8 rings (SSSR count). The zero-order valence-electron chi connectivity index (χ0n) is 48.6. The van der Waals surface area contributed by atoms with Crippen LogP contribution in [-0.4, -0.2) is 113 Å². The zero-order valence-corrected chi connectivity index (χ0v) is 48.6. The summed E-state index contributed by atoms with van der Waals surface area (Å²) in [6, 6.07) is 32.6. The number of aliphatic carboxylic acids is 1. The van der Waals surface area contributed by atoms with Crippen molar-refractivity contribution < 1.29 is 62.7 Å². The summed E-state index contributed by atoms with van der Waals surface area (Å²) in [7, 11) is 0. The van der Waals surface area contributed by atoms with Crippen LogP contribution in [0.2, 0.25) is 0 Å². The van der Waals surface area contributed by atoms with E-state index in [9.17, 15) is 28.8 Å². The van der Waals surface area contributed by atoms with E-state index >= 15 is 0 Å². The number of carboxylic acid groups (broad SMARTS) is 2. The van der Waals surface area contributed by atoms with Crippen molar-refractivity contribution in [2.24, 2.45) is 5.73 Å². The first-order chi connectivity index (χ1) is 39.6. The average molecular weight is 1150 g/mol. The number of amides is 4. The van der Waals surface area contributed by atoms with Crippen molar-refractivity contribution in [1.82, 2.24) is 30.2 Å². The van der Waals surface area contributed by atoms with Crippen LogP contribution in [-0.2, 0) is 66.2 Å². The molecule has 6 atom stereocenters. The Morgan fingerprint density at radius 3 is 1.34 bits per heavy atom. The molecule has 0 aliphatic heterocycles. The number of aromatic carboxylic acids is 1. The predicted molar refractivity (Wildman–Crippen MR) is 310 cm³/mol. The normalized spacial score (nSPS) is 19.7. The quantitative estimate of drug-likeness (QED) is 0.0405. The third kappa shape index (κ3) is 22.9. The van der Waals surface area contributed by atoms with E-state index in [0.717, 1.165) is 86.1 Å². The number of benzene rings is 3. The number of anilines is 2. The minimum atomic E-state index is -1.35. The van der Waals surface area contributed by atoms with E-state index in [4.69, 9.17) is 39.6 Å². The molecular formula is C61H83N9O13. The minimum Gasteiger partial charge on any atom is -0.480 e. The molecule has 2 heterocycles. The summed E-state index contributed by atoms with van der Waals surface area (Å²) < 4.78 is 30.8. The molecule has 4 amide bonds. The Kier molecular flexibility index (Phi) is 24.6. The standard InChI is InChI=1S/C37H49N5O6.C13H19NO.C11H15N3O6/c1-37(2,3)48-36(45)40-33-22-30(35(44)39-29-19-11-13-21-32(29)47-25-27-16-8-5-9-17-27)42(41-33)23-34(43)38-28-18-10-12-20-31(28)46-24-26-14-6-4-7-15-26;14-12-8-4-5-9-13(12)15-10-11-6-2-1-3-7-11;1-11(2,3)20-10(19)12-7-4-6(9(17)18)14(13-7)5-8(15)16/h4-9,14-17,22,28-29,31-32H,10-13,18-21,23-25H2,1-3H3,(H,38,43)(H,39,44)(H,40,41,45);1-3,6-7,12-13H,4-5,8-10,14H2;4H,5H2,1-3H3,(H,15,16)(H,17,18)(H,12,13,19)/t28-,29+,31-,32+;12-,13-;/m10./s1. The largest absolute Gasteiger partial charge is 0.480 e. The molecule has 3 saturated carbocycles. The second-order valence-corrected chi connectivity index (χ2v) is 22.9. The number of rotatable bonds is 19. The van der Waals surface area contributed by atoms with Gasteiger partial charge in [0.15, 0.2) is 11.6 Å². The Morgan fingerprint density at radius 1 is 0.530 bits per heavy atom. The minimum absolute atomic E-state index is 0.0992. The summed E-state index contributed by atoms with van der Waals surface area (Å²) in [4.78, 5) is 72.9. The van der Waals surface area contributed by atoms with E-state index in [0.29, 0.717) is 19.8 Å². The fraction of sp³-hybridized carbons (Fsp3) is 0.508. The topological polar surface area (TPSA) is 299 Å². The second-order valence-electron chi connectivity index (χ2n) is 22.9. The van der Waals surface area contributed by atoms with Crippen molar-refractivity contribution in [3.8, 4) is 0 Å². The Labute approximate surface area is 485 Å². The van der Waals surface area contributed by atoms with Crippen LogP contribution in [0, 0.1) is 0 Å². The van der Waals surface area contributed by atoms with Crippen molar-refractivity contribution in [3.05, 3.63) is 131 Å². The average Bonchev–Trinajstić information content (AvgIpc) is 4.25. The third-order valence-electron chi connectivity index (χ3n) is 13.6. The van der Waals surface area contributed by atoms with Crippen molar-refractivity contribution in [1.29, 1.82) is 0 Å². The second kappa shape index (κ2) is 31.7. The lowest BCUT2D eigenvalue weighted by Gasteiger charge is -2.32. The fourth-order valence-corrected chi connectivity index (χ4v) is 9.71. The first-order valence-corrected chi connectivity index (χ1v) is 28.5. The maximum absolute atomic E-state index is 13.8. The summed E-state index contributed by atoms with van der Waals surface area (Å²) in [5.41, 5.74) is 7.77. The number of nitrogens with one attached hydrogen (secondary N) is 4. The van der Waals surface area contributed by atoms with Crippen LogP contribution < -0.4 is 27.0 Å². The number of nitrogens with zero attached hydrogens (tertiary/aromatic N) is 4. The molecule has 5 aromatic rings. The number of carbonyl (C=O) groups excluding carboxylic acids is 4.